The van der Waals surface area contributed by atoms with Gasteiger partial charge in [-0.2, -0.15) is 18.4 Å². The SMILES string of the molecule is N#Cc1c(N2CCN(Cc3ccc(Cl)cc3)CC2)nn2c(-c3cccc(C(F)(F)F)c3)ccnc12. The summed E-state index contributed by atoms with van der Waals surface area (Å²) in [6.45, 7) is 3.66. The van der Waals surface area contributed by atoms with E-state index in [1.54, 1.807) is 12.1 Å². The number of anilines is 1. The lowest BCUT2D eigenvalue weighted by Gasteiger charge is -2.34. The molecule has 4 aromatic rings. The Hall–Kier alpha value is -3.61. The van der Waals surface area contributed by atoms with Crippen LogP contribution in [0.2, 0.25) is 5.02 Å². The zero-order chi connectivity index (χ0) is 24.6. The van der Waals surface area contributed by atoms with Crippen LogP contribution in [-0.2, 0) is 12.7 Å². The number of nitriles is 1. The molecule has 2 aromatic carbocycles. The highest BCUT2D eigenvalue weighted by atomic mass is 35.5. The zero-order valence-electron chi connectivity index (χ0n) is 18.5. The van der Waals surface area contributed by atoms with Crippen molar-refractivity contribution in [3.8, 4) is 17.3 Å². The number of halogens is 4. The Morgan fingerprint density at radius 1 is 1.00 bits per heavy atom. The Bertz CT molecular complexity index is 1400. The molecule has 1 saturated heterocycles. The fraction of sp³-hybridized carbons (Fsp3) is 0.240. The summed E-state index contributed by atoms with van der Waals surface area (Å²) in [5.41, 5.74) is 1.84. The number of aromatic nitrogens is 3. The molecule has 0 unspecified atom stereocenters. The lowest BCUT2D eigenvalue weighted by atomic mass is 10.1. The average molecular weight is 497 g/mol. The van der Waals surface area contributed by atoms with Crippen LogP contribution in [0.5, 0.6) is 0 Å². The minimum absolute atomic E-state index is 0.310. The van der Waals surface area contributed by atoms with E-state index in [-0.39, 0.29) is 0 Å². The third kappa shape index (κ3) is 4.67. The lowest BCUT2D eigenvalue weighted by Crippen LogP contribution is -2.46. The Labute approximate surface area is 204 Å². The van der Waals surface area contributed by atoms with E-state index in [1.165, 1.54) is 22.3 Å². The van der Waals surface area contributed by atoms with Crippen LogP contribution in [0.4, 0.5) is 19.0 Å². The fourth-order valence-corrected chi connectivity index (χ4v) is 4.42. The van der Waals surface area contributed by atoms with Gasteiger partial charge >= 0.3 is 6.18 Å². The van der Waals surface area contributed by atoms with Gasteiger partial charge in [-0.25, -0.2) is 9.50 Å². The van der Waals surface area contributed by atoms with Crippen molar-refractivity contribution in [2.45, 2.75) is 12.7 Å². The van der Waals surface area contributed by atoms with Crippen molar-refractivity contribution in [3.05, 3.63) is 82.5 Å². The van der Waals surface area contributed by atoms with Gasteiger partial charge in [-0.1, -0.05) is 35.9 Å². The molecule has 0 radical (unpaired) electrons. The van der Waals surface area contributed by atoms with Gasteiger partial charge in [-0.15, -0.1) is 5.10 Å². The topological polar surface area (TPSA) is 60.5 Å². The van der Waals surface area contributed by atoms with E-state index in [0.717, 1.165) is 31.8 Å². The van der Waals surface area contributed by atoms with Gasteiger partial charge in [0.15, 0.2) is 11.5 Å². The second-order valence-corrected chi connectivity index (χ2v) is 8.78. The normalized spacial score (nSPS) is 14.9. The lowest BCUT2D eigenvalue weighted by molar-refractivity contribution is -0.137. The van der Waals surface area contributed by atoms with Gasteiger partial charge in [0.1, 0.15) is 11.6 Å². The number of piperazine rings is 1. The quantitative estimate of drug-likeness (QED) is 0.385. The van der Waals surface area contributed by atoms with Crippen molar-refractivity contribution in [1.29, 1.82) is 5.26 Å². The van der Waals surface area contributed by atoms with Gasteiger partial charge in [-0.3, -0.25) is 4.90 Å². The summed E-state index contributed by atoms with van der Waals surface area (Å²) in [4.78, 5) is 8.65. The number of hydrogen-bond donors (Lipinski definition) is 0. The molecule has 178 valence electrons. The first-order valence-electron chi connectivity index (χ1n) is 11.0. The van der Waals surface area contributed by atoms with Crippen LogP contribution in [0.15, 0.2) is 60.8 Å². The maximum absolute atomic E-state index is 13.3. The molecule has 0 N–H and O–H groups in total. The number of hydrogen-bond acceptors (Lipinski definition) is 5. The maximum Gasteiger partial charge on any atom is 0.416 e. The average Bonchev–Trinajstić information content (AvgIpc) is 3.24. The summed E-state index contributed by atoms with van der Waals surface area (Å²) in [5, 5.41) is 15.2. The summed E-state index contributed by atoms with van der Waals surface area (Å²) in [6, 6.07) is 16.6. The summed E-state index contributed by atoms with van der Waals surface area (Å²) in [7, 11) is 0. The highest BCUT2D eigenvalue weighted by molar-refractivity contribution is 6.30. The molecule has 0 amide bonds. The van der Waals surface area contributed by atoms with Crippen LogP contribution < -0.4 is 4.90 Å². The van der Waals surface area contributed by atoms with Gasteiger partial charge in [0, 0.05) is 49.5 Å². The molecule has 0 aliphatic carbocycles. The van der Waals surface area contributed by atoms with Crippen LogP contribution in [0, 0.1) is 11.3 Å². The molecule has 1 fully saturated rings. The predicted octanol–water partition coefficient (Wildman–Crippen LogP) is 5.26. The Balaban J connectivity index is 1.42. The van der Waals surface area contributed by atoms with E-state index in [4.69, 9.17) is 11.6 Å². The molecule has 0 atom stereocenters. The van der Waals surface area contributed by atoms with Crippen LogP contribution in [0.25, 0.3) is 16.9 Å². The molecule has 3 heterocycles. The first kappa shape index (κ1) is 23.1. The molecule has 35 heavy (non-hydrogen) atoms. The Morgan fingerprint density at radius 2 is 1.74 bits per heavy atom. The van der Waals surface area contributed by atoms with Crippen molar-refractivity contribution in [1.82, 2.24) is 19.5 Å². The van der Waals surface area contributed by atoms with Crippen molar-refractivity contribution in [2.75, 3.05) is 31.1 Å². The van der Waals surface area contributed by atoms with E-state index >= 15 is 0 Å². The monoisotopic (exact) mass is 496 g/mol. The minimum atomic E-state index is -4.46. The number of benzene rings is 2. The molecule has 1 aliphatic heterocycles. The molecule has 0 spiro atoms. The van der Waals surface area contributed by atoms with Gasteiger partial charge < -0.3 is 4.90 Å². The standard InChI is InChI=1S/C25H20ClF3N6/c26-20-6-4-17(5-7-20)16-33-10-12-34(13-11-33)24-21(15-30)23-31-9-8-22(35(23)32-24)18-2-1-3-19(14-18)25(27,28)29/h1-9,14H,10-13,16H2. The largest absolute Gasteiger partial charge is 0.416 e. The van der Waals surface area contributed by atoms with Crippen molar-refractivity contribution < 1.29 is 13.2 Å². The summed E-state index contributed by atoms with van der Waals surface area (Å²) in [5.74, 6) is 0.491. The predicted molar refractivity (Wildman–Crippen MR) is 127 cm³/mol. The zero-order valence-corrected chi connectivity index (χ0v) is 19.3. The third-order valence-electron chi connectivity index (χ3n) is 6.09. The fourth-order valence-electron chi connectivity index (χ4n) is 4.29. The van der Waals surface area contributed by atoms with E-state index < -0.39 is 11.7 Å². The van der Waals surface area contributed by atoms with E-state index in [2.05, 4.69) is 21.1 Å². The summed E-state index contributed by atoms with van der Waals surface area (Å²) in [6.07, 6.45) is -2.97. The Kier molecular flexibility index (Phi) is 6.09. The molecule has 10 heteroatoms. The van der Waals surface area contributed by atoms with E-state index in [9.17, 15) is 18.4 Å². The number of rotatable bonds is 4. The van der Waals surface area contributed by atoms with E-state index in [1.807, 2.05) is 29.2 Å². The van der Waals surface area contributed by atoms with Gasteiger partial charge in [0.2, 0.25) is 0 Å². The molecule has 6 nitrogen and oxygen atoms in total. The maximum atomic E-state index is 13.3. The van der Waals surface area contributed by atoms with Crippen LogP contribution in [0.1, 0.15) is 16.7 Å². The first-order valence-corrected chi connectivity index (χ1v) is 11.4. The molecule has 5 rings (SSSR count). The van der Waals surface area contributed by atoms with Crippen molar-refractivity contribution >= 4 is 23.1 Å². The second kappa shape index (κ2) is 9.21. The second-order valence-electron chi connectivity index (χ2n) is 8.34. The van der Waals surface area contributed by atoms with Crippen LogP contribution >= 0.6 is 11.6 Å². The molecular weight excluding hydrogens is 477 g/mol. The number of fused-ring (bicyclic) bond motifs is 1. The van der Waals surface area contributed by atoms with Gasteiger partial charge in [-0.05, 0) is 35.9 Å². The molecule has 0 bridgehead atoms. The highest BCUT2D eigenvalue weighted by Crippen LogP contribution is 2.33. The van der Waals surface area contributed by atoms with Crippen LogP contribution in [-0.4, -0.2) is 45.7 Å². The van der Waals surface area contributed by atoms with Gasteiger partial charge in [0.05, 0.1) is 11.3 Å². The van der Waals surface area contributed by atoms with Crippen molar-refractivity contribution in [2.24, 2.45) is 0 Å². The molecule has 2 aromatic heterocycles. The molecule has 1 aliphatic rings. The Morgan fingerprint density at radius 3 is 2.43 bits per heavy atom. The minimum Gasteiger partial charge on any atom is -0.351 e. The third-order valence-corrected chi connectivity index (χ3v) is 6.34. The number of nitrogens with zero attached hydrogens (tertiary/aromatic N) is 6. The highest BCUT2D eigenvalue weighted by Gasteiger charge is 2.31. The molecule has 0 saturated carbocycles. The smallest absolute Gasteiger partial charge is 0.351 e. The van der Waals surface area contributed by atoms with E-state index in [0.29, 0.717) is 46.4 Å². The number of alkyl halides is 3. The first-order chi connectivity index (χ1) is 16.8. The van der Waals surface area contributed by atoms with Gasteiger partial charge in [0.25, 0.3) is 0 Å². The van der Waals surface area contributed by atoms with Crippen LogP contribution in [0.3, 0.4) is 0 Å². The summed E-state index contributed by atoms with van der Waals surface area (Å²) < 4.78 is 41.2. The van der Waals surface area contributed by atoms with Crippen molar-refractivity contribution in [3.63, 3.8) is 0 Å². The molecular formula is C25H20ClF3N6. The summed E-state index contributed by atoms with van der Waals surface area (Å²) >= 11 is 5.97.